The van der Waals surface area contributed by atoms with Crippen molar-refractivity contribution in [2.75, 3.05) is 19.6 Å². The zero-order chi connectivity index (χ0) is 28.4. The number of hydrogen-bond acceptors (Lipinski definition) is 8. The number of hydrogen-bond donors (Lipinski definition) is 2. The minimum Gasteiger partial charge on any atom is -0.481 e. The topological polar surface area (TPSA) is 130 Å². The van der Waals surface area contributed by atoms with E-state index >= 15 is 0 Å². The normalized spacial score (nSPS) is 17.2. The summed E-state index contributed by atoms with van der Waals surface area (Å²) >= 11 is 0. The molecule has 1 aliphatic heterocycles. The molecule has 0 radical (unpaired) electrons. The Bertz CT molecular complexity index is 1480. The number of carbonyl (C=O) groups is 1. The lowest BCUT2D eigenvalue weighted by molar-refractivity contribution is -0.142. The van der Waals surface area contributed by atoms with Crippen LogP contribution in [0.15, 0.2) is 53.3 Å². The monoisotopic (exact) mass is 556 g/mol. The summed E-state index contributed by atoms with van der Waals surface area (Å²) in [7, 11) is 0. The number of alkyl halides is 3. The van der Waals surface area contributed by atoms with Crippen LogP contribution in [0.1, 0.15) is 42.2 Å². The van der Waals surface area contributed by atoms with Crippen molar-refractivity contribution < 1.29 is 32.7 Å². The minimum atomic E-state index is -4.77. The summed E-state index contributed by atoms with van der Waals surface area (Å²) in [5, 5.41) is 27.6. The first-order valence-electron chi connectivity index (χ1n) is 12.7. The van der Waals surface area contributed by atoms with Gasteiger partial charge in [-0.15, -0.1) is 0 Å². The van der Waals surface area contributed by atoms with E-state index in [1.54, 1.807) is 37.3 Å². The Hall–Kier alpha value is -4.10. The molecule has 1 saturated heterocycles. The van der Waals surface area contributed by atoms with Crippen molar-refractivity contribution in [3.63, 3.8) is 0 Å². The van der Waals surface area contributed by atoms with Gasteiger partial charge in [-0.1, -0.05) is 29.4 Å². The molecule has 1 aliphatic rings. The number of benzene rings is 1. The number of likely N-dealkylation sites (tertiary alicyclic amines) is 1. The van der Waals surface area contributed by atoms with E-state index in [-0.39, 0.29) is 35.4 Å². The fraction of sp³-hybridized carbons (Fsp3) is 0.370. The molecule has 210 valence electrons. The zero-order valence-corrected chi connectivity index (χ0v) is 21.5. The number of carboxylic acid groups (broad SMARTS) is 1. The summed E-state index contributed by atoms with van der Waals surface area (Å²) in [6.45, 7) is 3.50. The van der Waals surface area contributed by atoms with E-state index in [0.717, 1.165) is 31.1 Å². The van der Waals surface area contributed by atoms with Gasteiger partial charge < -0.3 is 19.6 Å². The summed E-state index contributed by atoms with van der Waals surface area (Å²) in [5.74, 6) is -1.01. The van der Waals surface area contributed by atoms with E-state index in [1.165, 1.54) is 12.3 Å². The molecule has 1 aromatic carbocycles. The van der Waals surface area contributed by atoms with Crippen molar-refractivity contribution in [1.82, 2.24) is 29.8 Å². The number of aliphatic carboxylic acids is 1. The van der Waals surface area contributed by atoms with E-state index in [0.29, 0.717) is 28.9 Å². The second-order valence-corrected chi connectivity index (χ2v) is 9.93. The number of pyridine rings is 1. The standard InChI is InChI=1S/C27H27F3N6O4/c1-16-8-9-31-22(11-16)36-24(27(28,29)30)20(13-32-36)26-33-25(34-40-26)19-6-4-18(5-7-19)21(37)15-35-10-2-3-17(14-35)12-23(38)39/h4-9,11,13,17,21,37H,2-3,10,12,14-15H2,1H3,(H,38,39)/t17-,21-/m1/s1. The van der Waals surface area contributed by atoms with Crippen LogP contribution in [0.5, 0.6) is 0 Å². The van der Waals surface area contributed by atoms with Crippen molar-refractivity contribution in [2.24, 2.45) is 5.92 Å². The highest BCUT2D eigenvalue weighted by Crippen LogP contribution is 2.38. The van der Waals surface area contributed by atoms with Gasteiger partial charge in [0.1, 0.15) is 0 Å². The van der Waals surface area contributed by atoms with Crippen LogP contribution in [-0.2, 0) is 11.0 Å². The Kier molecular flexibility index (Phi) is 7.68. The number of nitrogens with zero attached hydrogens (tertiary/aromatic N) is 6. The molecule has 0 amide bonds. The lowest BCUT2D eigenvalue weighted by Crippen LogP contribution is -2.38. The summed E-state index contributed by atoms with van der Waals surface area (Å²) < 4.78 is 48.1. The molecule has 4 aromatic rings. The minimum absolute atomic E-state index is 0.00872. The first kappa shape index (κ1) is 27.5. The van der Waals surface area contributed by atoms with E-state index in [1.807, 2.05) is 0 Å². The van der Waals surface area contributed by atoms with E-state index in [2.05, 4.69) is 25.1 Å². The number of rotatable bonds is 8. The number of aliphatic hydroxyl groups is 1. The van der Waals surface area contributed by atoms with Gasteiger partial charge in [0.2, 0.25) is 5.82 Å². The molecule has 1 fully saturated rings. The molecule has 0 saturated carbocycles. The maximum atomic E-state index is 14.1. The quantitative estimate of drug-likeness (QED) is 0.321. The molecular weight excluding hydrogens is 529 g/mol. The Labute approximate surface area is 227 Å². The van der Waals surface area contributed by atoms with Crippen LogP contribution in [-0.4, -0.2) is 65.6 Å². The number of piperidine rings is 1. The molecule has 10 nitrogen and oxygen atoms in total. The molecule has 13 heteroatoms. The van der Waals surface area contributed by atoms with Gasteiger partial charge >= 0.3 is 12.1 Å². The molecule has 2 atom stereocenters. The van der Waals surface area contributed by atoms with Crippen LogP contribution in [0.2, 0.25) is 0 Å². The lowest BCUT2D eigenvalue weighted by atomic mass is 9.94. The highest BCUT2D eigenvalue weighted by molar-refractivity contribution is 5.67. The largest absolute Gasteiger partial charge is 0.481 e. The van der Waals surface area contributed by atoms with Gasteiger partial charge in [0, 0.05) is 31.3 Å². The van der Waals surface area contributed by atoms with Crippen LogP contribution in [0.25, 0.3) is 28.7 Å². The van der Waals surface area contributed by atoms with Gasteiger partial charge in [0.25, 0.3) is 5.89 Å². The fourth-order valence-corrected chi connectivity index (χ4v) is 4.97. The maximum Gasteiger partial charge on any atom is 0.434 e. The molecule has 0 spiro atoms. The number of aromatic nitrogens is 5. The number of halogens is 3. The Morgan fingerprint density at radius 2 is 2.00 bits per heavy atom. The highest BCUT2D eigenvalue weighted by atomic mass is 19.4. The van der Waals surface area contributed by atoms with Crippen LogP contribution < -0.4 is 0 Å². The van der Waals surface area contributed by atoms with Gasteiger partial charge in [0.15, 0.2) is 11.5 Å². The average molecular weight is 557 g/mol. The van der Waals surface area contributed by atoms with E-state index in [9.17, 15) is 23.1 Å². The van der Waals surface area contributed by atoms with Gasteiger partial charge in [-0.25, -0.2) is 9.67 Å². The fourth-order valence-electron chi connectivity index (χ4n) is 4.97. The van der Waals surface area contributed by atoms with Crippen LogP contribution in [0, 0.1) is 12.8 Å². The molecule has 40 heavy (non-hydrogen) atoms. The Morgan fingerprint density at radius 3 is 2.70 bits per heavy atom. The average Bonchev–Trinajstić information content (AvgIpc) is 3.56. The summed E-state index contributed by atoms with van der Waals surface area (Å²) in [5.41, 5.74) is 0.403. The number of aryl methyl sites for hydroxylation is 1. The third-order valence-electron chi connectivity index (χ3n) is 6.86. The summed E-state index contributed by atoms with van der Waals surface area (Å²) in [6.07, 6.45) is -1.30. The van der Waals surface area contributed by atoms with Crippen molar-refractivity contribution in [3.05, 3.63) is 65.6 Å². The van der Waals surface area contributed by atoms with Gasteiger partial charge in [-0.05, 0) is 55.5 Å². The van der Waals surface area contributed by atoms with Crippen molar-refractivity contribution in [1.29, 1.82) is 0 Å². The van der Waals surface area contributed by atoms with Gasteiger partial charge in [-0.3, -0.25) is 4.79 Å². The summed E-state index contributed by atoms with van der Waals surface area (Å²) in [6, 6.07) is 9.85. The van der Waals surface area contributed by atoms with Crippen molar-refractivity contribution in [2.45, 2.75) is 38.5 Å². The third kappa shape index (κ3) is 6.05. The lowest BCUT2D eigenvalue weighted by Gasteiger charge is -2.33. The predicted molar refractivity (Wildman–Crippen MR) is 136 cm³/mol. The Balaban J connectivity index is 1.32. The molecule has 0 unspecified atom stereocenters. The first-order chi connectivity index (χ1) is 19.1. The van der Waals surface area contributed by atoms with Crippen LogP contribution in [0.3, 0.4) is 0 Å². The predicted octanol–water partition coefficient (Wildman–Crippen LogP) is 4.53. The smallest absolute Gasteiger partial charge is 0.434 e. The maximum absolute atomic E-state index is 14.1. The number of aliphatic hydroxyl groups excluding tert-OH is 1. The Morgan fingerprint density at radius 1 is 1.23 bits per heavy atom. The molecule has 0 bridgehead atoms. The number of β-amino-alcohol motifs (C(OH)–C–C–N with tert-alkyl or cyclic N) is 1. The molecule has 5 rings (SSSR count). The van der Waals surface area contributed by atoms with E-state index < -0.39 is 23.9 Å². The molecule has 0 aliphatic carbocycles. The van der Waals surface area contributed by atoms with Gasteiger partial charge in [-0.2, -0.15) is 23.3 Å². The zero-order valence-electron chi connectivity index (χ0n) is 21.5. The van der Waals surface area contributed by atoms with E-state index in [4.69, 9.17) is 9.63 Å². The molecule has 4 heterocycles. The third-order valence-corrected chi connectivity index (χ3v) is 6.86. The summed E-state index contributed by atoms with van der Waals surface area (Å²) in [4.78, 5) is 21.3. The molecule has 3 aromatic heterocycles. The number of carboxylic acids is 1. The first-order valence-corrected chi connectivity index (χ1v) is 12.7. The highest BCUT2D eigenvalue weighted by Gasteiger charge is 2.41. The SMILES string of the molecule is Cc1ccnc(-n2ncc(-c3nc(-c4ccc([C@H](O)CN5CCC[C@H](CC(=O)O)C5)cc4)no3)c2C(F)(F)F)c1. The van der Waals surface area contributed by atoms with Crippen LogP contribution in [0.4, 0.5) is 13.2 Å². The molecular formula is C27H27F3N6O4. The van der Waals surface area contributed by atoms with Crippen molar-refractivity contribution in [3.8, 4) is 28.7 Å². The molecule has 2 N–H and O–H groups in total. The second kappa shape index (κ2) is 11.2. The van der Waals surface area contributed by atoms with Crippen LogP contribution >= 0.6 is 0 Å². The van der Waals surface area contributed by atoms with Gasteiger partial charge in [0.05, 0.1) is 17.9 Å². The second-order valence-electron chi connectivity index (χ2n) is 9.93. The van der Waals surface area contributed by atoms with Crippen molar-refractivity contribution >= 4 is 5.97 Å².